The molecule has 2 N–H and O–H groups in total. The summed E-state index contributed by atoms with van der Waals surface area (Å²) >= 11 is 0. The van der Waals surface area contributed by atoms with E-state index in [4.69, 9.17) is 14.6 Å². The first-order valence-corrected chi connectivity index (χ1v) is 20.5. The monoisotopic (exact) mass is 765 g/mol. The van der Waals surface area contributed by atoms with Crippen LogP contribution in [0, 0.1) is 0 Å². The minimum Gasteiger partial charge on any atom is -0.371 e. The average molecular weight is 766 g/mol. The number of nitrogens with one attached hydrogen (secondary N) is 2. The Bertz CT molecular complexity index is 2110. The molecule has 57 heavy (non-hydrogen) atoms. The van der Waals surface area contributed by atoms with Crippen LogP contribution in [0.25, 0.3) is 0 Å². The fraction of sp³-hybridized carbons (Fsp3) is 0.362. The number of rotatable bonds is 12. The molecule has 2 aliphatic carbocycles. The largest absolute Gasteiger partial charge is 0.371 e. The molecule has 5 aromatic rings. The Hall–Kier alpha value is -5.58. The fourth-order valence-electron chi connectivity index (χ4n) is 8.55. The van der Waals surface area contributed by atoms with Crippen molar-refractivity contribution < 1.29 is 23.9 Å². The van der Waals surface area contributed by atoms with Crippen molar-refractivity contribution in [2.24, 2.45) is 0 Å². The molecule has 8 rings (SSSR count). The molecule has 2 saturated carbocycles. The van der Waals surface area contributed by atoms with E-state index in [9.17, 15) is 14.4 Å². The summed E-state index contributed by atoms with van der Waals surface area (Å²) in [6.07, 6.45) is 8.47. The molecule has 3 amide bonds. The number of carbonyl (C=O) groups is 3. The lowest BCUT2D eigenvalue weighted by Gasteiger charge is -2.32. The second kappa shape index (κ2) is 18.1. The molecule has 294 valence electrons. The highest BCUT2D eigenvalue weighted by atomic mass is 16.5. The van der Waals surface area contributed by atoms with Crippen molar-refractivity contribution >= 4 is 29.1 Å². The minimum absolute atomic E-state index is 0.0849. The van der Waals surface area contributed by atoms with Gasteiger partial charge in [0.2, 0.25) is 5.91 Å². The van der Waals surface area contributed by atoms with Gasteiger partial charge >= 0.3 is 0 Å². The van der Waals surface area contributed by atoms with E-state index in [0.29, 0.717) is 13.2 Å². The van der Waals surface area contributed by atoms with Crippen LogP contribution in [0.15, 0.2) is 115 Å². The van der Waals surface area contributed by atoms with Gasteiger partial charge in [0, 0.05) is 6.07 Å². The molecule has 2 fully saturated rings. The van der Waals surface area contributed by atoms with Crippen molar-refractivity contribution in [1.29, 1.82) is 0 Å². The number of anilines is 2. The molecule has 1 aliphatic heterocycles. The molecule has 10 heteroatoms. The summed E-state index contributed by atoms with van der Waals surface area (Å²) in [7, 11) is 0. The van der Waals surface area contributed by atoms with Crippen molar-refractivity contribution in [3.05, 3.63) is 149 Å². The normalized spacial score (nSPS) is 20.5. The number of nitrogens with zero attached hydrogens (tertiary/aromatic N) is 3. The van der Waals surface area contributed by atoms with E-state index in [1.807, 2.05) is 109 Å². The molecule has 1 aromatic heterocycles. The predicted octanol–water partition coefficient (Wildman–Crippen LogP) is 7.86. The van der Waals surface area contributed by atoms with Gasteiger partial charge in [-0.2, -0.15) is 5.10 Å². The van der Waals surface area contributed by atoms with Gasteiger partial charge in [0.25, 0.3) is 11.8 Å². The maximum absolute atomic E-state index is 14.7. The van der Waals surface area contributed by atoms with Gasteiger partial charge in [0.05, 0.1) is 48.9 Å². The zero-order valence-electron chi connectivity index (χ0n) is 32.4. The number of hydrogen-bond donors (Lipinski definition) is 2. The lowest BCUT2D eigenvalue weighted by atomic mass is 9.92. The van der Waals surface area contributed by atoms with Crippen molar-refractivity contribution in [2.45, 2.75) is 108 Å². The number of para-hydroxylation sites is 2. The van der Waals surface area contributed by atoms with Crippen molar-refractivity contribution in [1.82, 2.24) is 20.4 Å². The Morgan fingerprint density at radius 3 is 1.67 bits per heavy atom. The second-order valence-corrected chi connectivity index (χ2v) is 15.5. The van der Waals surface area contributed by atoms with Gasteiger partial charge in [-0.25, -0.2) is 4.68 Å². The topological polar surface area (TPSA) is 115 Å². The van der Waals surface area contributed by atoms with E-state index in [1.54, 1.807) is 4.90 Å². The number of benzene rings is 4. The number of aromatic nitrogens is 2. The summed E-state index contributed by atoms with van der Waals surface area (Å²) in [4.78, 5) is 44.7. The summed E-state index contributed by atoms with van der Waals surface area (Å²) in [5.41, 5.74) is 6.05. The molecular formula is C47H51N5O5. The summed E-state index contributed by atoms with van der Waals surface area (Å²) in [5.74, 6) is -1.06. The van der Waals surface area contributed by atoms with Crippen molar-refractivity contribution in [3.63, 3.8) is 0 Å². The van der Waals surface area contributed by atoms with Crippen LogP contribution < -0.4 is 15.5 Å². The van der Waals surface area contributed by atoms with E-state index in [0.717, 1.165) is 97.8 Å². The highest BCUT2D eigenvalue weighted by molar-refractivity contribution is 6.12. The van der Waals surface area contributed by atoms with Gasteiger partial charge in [-0.05, 0) is 72.9 Å². The van der Waals surface area contributed by atoms with Gasteiger partial charge in [0.1, 0.15) is 12.2 Å². The Balaban J connectivity index is 1.06. The van der Waals surface area contributed by atoms with Crippen LogP contribution in [0.3, 0.4) is 0 Å². The maximum atomic E-state index is 14.7. The third-order valence-electron chi connectivity index (χ3n) is 11.5. The van der Waals surface area contributed by atoms with Gasteiger partial charge in [-0.3, -0.25) is 19.3 Å². The van der Waals surface area contributed by atoms with Crippen molar-refractivity contribution in [3.8, 4) is 0 Å². The highest BCUT2D eigenvalue weighted by Gasteiger charge is 2.33. The summed E-state index contributed by atoms with van der Waals surface area (Å²) < 4.78 is 14.1. The van der Waals surface area contributed by atoms with Crippen LogP contribution in [0.2, 0.25) is 0 Å². The Labute approximate surface area is 334 Å². The van der Waals surface area contributed by atoms with E-state index in [2.05, 4.69) is 10.6 Å². The second-order valence-electron chi connectivity index (χ2n) is 15.5. The Morgan fingerprint density at radius 2 is 1.11 bits per heavy atom. The smallest absolute Gasteiger partial charge is 0.283 e. The van der Waals surface area contributed by atoms with Crippen LogP contribution in [0.4, 0.5) is 11.4 Å². The van der Waals surface area contributed by atoms with Gasteiger partial charge in [-0.15, -0.1) is 0 Å². The summed E-state index contributed by atoms with van der Waals surface area (Å²) in [6.45, 7) is 0.682. The van der Waals surface area contributed by atoms with E-state index in [-0.39, 0.29) is 54.0 Å². The SMILES string of the molecule is O=C(Cn1nc(C(=O)N2c3ccccc3CCc3ccccc32)cc1C(=O)N[C@H]1CCCC[C@@H]1OCc1ccccc1)N[C@H]1CCCC[C@@H]1OCc1ccccc1. The molecule has 4 aromatic carbocycles. The lowest BCUT2D eigenvalue weighted by molar-refractivity contribution is -0.124. The Morgan fingerprint density at radius 1 is 0.614 bits per heavy atom. The van der Waals surface area contributed by atoms with Crippen LogP contribution in [-0.4, -0.2) is 51.8 Å². The number of hydrogen-bond acceptors (Lipinski definition) is 6. The number of amides is 3. The minimum atomic E-state index is -0.395. The van der Waals surface area contributed by atoms with E-state index in [1.165, 1.54) is 10.7 Å². The number of ether oxygens (including phenoxy) is 2. The number of aryl methyl sites for hydroxylation is 2. The maximum Gasteiger partial charge on any atom is 0.283 e. The van der Waals surface area contributed by atoms with Crippen LogP contribution in [-0.2, 0) is 46.9 Å². The van der Waals surface area contributed by atoms with Crippen LogP contribution >= 0.6 is 0 Å². The summed E-state index contributed by atoms with van der Waals surface area (Å²) in [6, 6.07) is 37.0. The van der Waals surface area contributed by atoms with Crippen LogP contribution in [0.1, 0.15) is 94.6 Å². The summed E-state index contributed by atoms with van der Waals surface area (Å²) in [5, 5.41) is 11.2. The third-order valence-corrected chi connectivity index (χ3v) is 11.5. The highest BCUT2D eigenvalue weighted by Crippen LogP contribution is 2.37. The van der Waals surface area contributed by atoms with Gasteiger partial charge in [-0.1, -0.05) is 123 Å². The standard InChI is InChI=1S/C47H51N5O5/c53-45(48-37-21-9-13-25-43(37)56-31-33-15-3-1-4-16-33)30-51-42(46(54)49-38-22-10-14-26-44(38)57-32-34-17-5-2-6-18-34)29-39(50-51)47(55)52-40-23-11-7-19-35(40)27-28-36-20-8-12-24-41(36)52/h1-8,11-12,15-20,23-24,29,37-38,43-44H,9-10,13-14,21-22,25-28,30-32H2,(H,48,53)(H,49,54)/t37-,38-,43-,44-/m0/s1. The first-order valence-electron chi connectivity index (χ1n) is 20.5. The third kappa shape index (κ3) is 9.19. The van der Waals surface area contributed by atoms with E-state index < -0.39 is 5.91 Å². The zero-order chi connectivity index (χ0) is 39.0. The molecular weight excluding hydrogens is 715 g/mol. The van der Waals surface area contributed by atoms with Gasteiger partial charge < -0.3 is 20.1 Å². The Kier molecular flexibility index (Phi) is 12.2. The van der Waals surface area contributed by atoms with Crippen molar-refractivity contribution in [2.75, 3.05) is 4.90 Å². The quantitative estimate of drug-likeness (QED) is 0.134. The average Bonchev–Trinajstić information content (AvgIpc) is 3.59. The first-order chi connectivity index (χ1) is 28.0. The fourth-order valence-corrected chi connectivity index (χ4v) is 8.55. The van der Waals surface area contributed by atoms with E-state index >= 15 is 0 Å². The molecule has 4 atom stereocenters. The molecule has 10 nitrogen and oxygen atoms in total. The molecule has 0 radical (unpaired) electrons. The lowest BCUT2D eigenvalue weighted by Crippen LogP contribution is -2.48. The molecule has 0 saturated heterocycles. The molecule has 3 aliphatic rings. The zero-order valence-corrected chi connectivity index (χ0v) is 32.4. The number of fused-ring (bicyclic) bond motifs is 2. The van der Waals surface area contributed by atoms with Crippen LogP contribution in [0.5, 0.6) is 0 Å². The molecule has 0 bridgehead atoms. The van der Waals surface area contributed by atoms with Gasteiger partial charge in [0.15, 0.2) is 5.69 Å². The molecule has 0 spiro atoms. The first kappa shape index (κ1) is 38.3. The molecule has 0 unspecified atom stereocenters. The predicted molar refractivity (Wildman–Crippen MR) is 219 cm³/mol. The number of carbonyl (C=O) groups excluding carboxylic acids is 3. The molecule has 2 heterocycles.